The van der Waals surface area contributed by atoms with Crippen LogP contribution in [0.3, 0.4) is 0 Å². The summed E-state index contributed by atoms with van der Waals surface area (Å²) in [5.41, 5.74) is 4.27. The normalized spacial score (nSPS) is 10.5. The first-order valence-corrected chi connectivity index (χ1v) is 9.27. The maximum Gasteiger partial charge on any atom is 0.255 e. The quantitative estimate of drug-likeness (QED) is 0.668. The molecule has 1 N–H and O–H groups in total. The van der Waals surface area contributed by atoms with Crippen molar-refractivity contribution in [3.05, 3.63) is 101 Å². The Morgan fingerprint density at radius 3 is 2.36 bits per heavy atom. The number of nitrogens with zero attached hydrogens (tertiary/aromatic N) is 2. The van der Waals surface area contributed by atoms with Crippen molar-refractivity contribution >= 4 is 11.6 Å². The van der Waals surface area contributed by atoms with Crippen molar-refractivity contribution < 1.29 is 4.79 Å². The smallest absolute Gasteiger partial charge is 0.255 e. The molecule has 0 aliphatic carbocycles. The third-order valence-corrected chi connectivity index (χ3v) is 4.61. The number of anilines is 1. The standard InChI is InChI=1S/C24H23N3O/c1-27(16-15-19-7-3-2-4-8-19)18-22-9-5-6-10-23(22)26-24(28)21-13-11-20(17-25)12-14-21/h2-14H,15-16,18H2,1H3,(H,26,28). The minimum absolute atomic E-state index is 0.177. The summed E-state index contributed by atoms with van der Waals surface area (Å²) >= 11 is 0. The SMILES string of the molecule is CN(CCc1ccccc1)Cc1ccccc1NC(=O)c1ccc(C#N)cc1. The summed E-state index contributed by atoms with van der Waals surface area (Å²) in [4.78, 5) is 14.8. The van der Waals surface area contributed by atoms with Crippen LogP contribution in [0.25, 0.3) is 0 Å². The lowest BCUT2D eigenvalue weighted by atomic mass is 10.1. The fourth-order valence-electron chi connectivity index (χ4n) is 3.01. The van der Waals surface area contributed by atoms with Crippen LogP contribution in [0.2, 0.25) is 0 Å². The number of hydrogen-bond donors (Lipinski definition) is 1. The summed E-state index contributed by atoms with van der Waals surface area (Å²) in [6.07, 6.45) is 0.983. The Labute approximate surface area is 166 Å². The van der Waals surface area contributed by atoms with Gasteiger partial charge in [-0.25, -0.2) is 0 Å². The Kier molecular flexibility index (Phi) is 6.56. The molecule has 0 aliphatic rings. The van der Waals surface area contributed by atoms with Gasteiger partial charge in [-0.3, -0.25) is 4.79 Å². The molecular formula is C24H23N3O. The number of carbonyl (C=O) groups excluding carboxylic acids is 1. The van der Waals surface area contributed by atoms with Gasteiger partial charge in [0.25, 0.3) is 5.91 Å². The van der Waals surface area contributed by atoms with E-state index >= 15 is 0 Å². The molecule has 140 valence electrons. The summed E-state index contributed by atoms with van der Waals surface area (Å²) < 4.78 is 0. The zero-order valence-corrected chi connectivity index (χ0v) is 15.9. The van der Waals surface area contributed by atoms with Crippen LogP contribution in [0.15, 0.2) is 78.9 Å². The van der Waals surface area contributed by atoms with Gasteiger partial charge >= 0.3 is 0 Å². The number of amides is 1. The number of benzene rings is 3. The molecule has 0 unspecified atom stereocenters. The largest absolute Gasteiger partial charge is 0.322 e. The van der Waals surface area contributed by atoms with Crippen LogP contribution in [-0.2, 0) is 13.0 Å². The number of carbonyl (C=O) groups is 1. The van der Waals surface area contributed by atoms with Gasteiger partial charge in [-0.15, -0.1) is 0 Å². The van der Waals surface area contributed by atoms with Gasteiger partial charge in [-0.1, -0.05) is 48.5 Å². The summed E-state index contributed by atoms with van der Waals surface area (Å²) in [6, 6.07) is 27.0. The summed E-state index contributed by atoms with van der Waals surface area (Å²) in [5, 5.41) is 11.9. The highest BCUT2D eigenvalue weighted by molar-refractivity contribution is 6.04. The summed E-state index contributed by atoms with van der Waals surface area (Å²) in [5.74, 6) is -0.177. The van der Waals surface area contributed by atoms with Crippen LogP contribution < -0.4 is 5.32 Å². The predicted octanol–water partition coefficient (Wildman–Crippen LogP) is 4.49. The second-order valence-corrected chi connectivity index (χ2v) is 6.77. The van der Waals surface area contributed by atoms with E-state index in [1.165, 1.54) is 5.56 Å². The van der Waals surface area contributed by atoms with Crippen LogP contribution in [0.4, 0.5) is 5.69 Å². The number of likely N-dealkylation sites (N-methyl/N-ethyl adjacent to an activating group) is 1. The van der Waals surface area contributed by atoms with Crippen molar-refractivity contribution in [1.82, 2.24) is 4.90 Å². The van der Waals surface area contributed by atoms with Gasteiger partial charge < -0.3 is 10.2 Å². The topological polar surface area (TPSA) is 56.1 Å². The fourth-order valence-corrected chi connectivity index (χ4v) is 3.01. The molecule has 0 saturated heterocycles. The first-order chi connectivity index (χ1) is 13.7. The number of para-hydroxylation sites is 1. The van der Waals surface area contributed by atoms with Gasteiger partial charge in [-0.2, -0.15) is 5.26 Å². The predicted molar refractivity (Wildman–Crippen MR) is 112 cm³/mol. The van der Waals surface area contributed by atoms with E-state index < -0.39 is 0 Å². The van der Waals surface area contributed by atoms with Crippen molar-refractivity contribution in [3.63, 3.8) is 0 Å². The Morgan fingerprint density at radius 2 is 1.64 bits per heavy atom. The third kappa shape index (κ3) is 5.29. The molecule has 0 heterocycles. The van der Waals surface area contributed by atoms with E-state index in [0.29, 0.717) is 11.1 Å². The van der Waals surface area contributed by atoms with Crippen molar-refractivity contribution in [2.24, 2.45) is 0 Å². The van der Waals surface area contributed by atoms with E-state index in [4.69, 9.17) is 5.26 Å². The monoisotopic (exact) mass is 369 g/mol. The molecule has 3 aromatic rings. The Balaban J connectivity index is 1.63. The minimum Gasteiger partial charge on any atom is -0.322 e. The average Bonchev–Trinajstić information content (AvgIpc) is 2.74. The van der Waals surface area contributed by atoms with Crippen LogP contribution in [-0.4, -0.2) is 24.4 Å². The van der Waals surface area contributed by atoms with Crippen LogP contribution >= 0.6 is 0 Å². The molecule has 0 saturated carbocycles. The number of rotatable bonds is 7. The number of nitriles is 1. The average molecular weight is 369 g/mol. The molecule has 0 radical (unpaired) electrons. The Bertz CT molecular complexity index is 959. The molecule has 4 heteroatoms. The number of hydrogen-bond acceptors (Lipinski definition) is 3. The highest BCUT2D eigenvalue weighted by atomic mass is 16.1. The molecule has 0 aromatic heterocycles. The van der Waals surface area contributed by atoms with Crippen molar-refractivity contribution in [3.8, 4) is 6.07 Å². The molecule has 0 fully saturated rings. The molecular weight excluding hydrogens is 346 g/mol. The van der Waals surface area contributed by atoms with Gasteiger partial charge in [0.2, 0.25) is 0 Å². The lowest BCUT2D eigenvalue weighted by Crippen LogP contribution is -2.22. The second-order valence-electron chi connectivity index (χ2n) is 6.77. The van der Waals surface area contributed by atoms with E-state index in [2.05, 4.69) is 47.6 Å². The molecule has 0 spiro atoms. The maximum atomic E-state index is 12.6. The van der Waals surface area contributed by atoms with Crippen LogP contribution in [0, 0.1) is 11.3 Å². The third-order valence-electron chi connectivity index (χ3n) is 4.61. The zero-order chi connectivity index (χ0) is 19.8. The van der Waals surface area contributed by atoms with Gasteiger partial charge in [0, 0.05) is 24.3 Å². The van der Waals surface area contributed by atoms with E-state index in [0.717, 1.165) is 30.8 Å². The van der Waals surface area contributed by atoms with E-state index in [1.807, 2.05) is 30.3 Å². The van der Waals surface area contributed by atoms with Gasteiger partial charge in [0.05, 0.1) is 11.6 Å². The van der Waals surface area contributed by atoms with Crippen molar-refractivity contribution in [1.29, 1.82) is 5.26 Å². The lowest BCUT2D eigenvalue weighted by molar-refractivity contribution is 0.102. The zero-order valence-electron chi connectivity index (χ0n) is 15.9. The van der Waals surface area contributed by atoms with Gasteiger partial charge in [-0.05, 0) is 54.9 Å². The van der Waals surface area contributed by atoms with E-state index in [1.54, 1.807) is 24.3 Å². The first-order valence-electron chi connectivity index (χ1n) is 9.27. The summed E-state index contributed by atoms with van der Waals surface area (Å²) in [6.45, 7) is 1.68. The molecule has 0 bridgehead atoms. The van der Waals surface area contributed by atoms with E-state index in [-0.39, 0.29) is 5.91 Å². The van der Waals surface area contributed by atoms with E-state index in [9.17, 15) is 4.79 Å². The molecule has 0 aliphatic heterocycles. The van der Waals surface area contributed by atoms with Crippen molar-refractivity contribution in [2.45, 2.75) is 13.0 Å². The van der Waals surface area contributed by atoms with Crippen LogP contribution in [0.5, 0.6) is 0 Å². The Morgan fingerprint density at radius 1 is 0.964 bits per heavy atom. The molecule has 1 amide bonds. The van der Waals surface area contributed by atoms with Gasteiger partial charge in [0.1, 0.15) is 0 Å². The molecule has 4 nitrogen and oxygen atoms in total. The minimum atomic E-state index is -0.177. The fraction of sp³-hybridized carbons (Fsp3) is 0.167. The molecule has 28 heavy (non-hydrogen) atoms. The molecule has 0 atom stereocenters. The summed E-state index contributed by atoms with van der Waals surface area (Å²) in [7, 11) is 2.09. The highest BCUT2D eigenvalue weighted by Crippen LogP contribution is 2.18. The van der Waals surface area contributed by atoms with Crippen LogP contribution in [0.1, 0.15) is 27.0 Å². The maximum absolute atomic E-state index is 12.6. The lowest BCUT2D eigenvalue weighted by Gasteiger charge is -2.19. The first kappa shape index (κ1) is 19.3. The van der Waals surface area contributed by atoms with Crippen molar-refractivity contribution in [2.75, 3.05) is 18.9 Å². The molecule has 3 aromatic carbocycles. The van der Waals surface area contributed by atoms with Gasteiger partial charge in [0.15, 0.2) is 0 Å². The number of nitrogens with one attached hydrogen (secondary N) is 1. The highest BCUT2D eigenvalue weighted by Gasteiger charge is 2.10. The second kappa shape index (κ2) is 9.50. The molecule has 3 rings (SSSR count). The Hall–Kier alpha value is -3.42.